The zero-order chi connectivity index (χ0) is 18.7. The first-order valence-electron chi connectivity index (χ1n) is 8.00. The van der Waals surface area contributed by atoms with Gasteiger partial charge in [-0.3, -0.25) is 4.90 Å². The predicted molar refractivity (Wildman–Crippen MR) is 86.8 cm³/mol. The molecule has 138 valence electrons. The lowest BCUT2D eigenvalue weighted by molar-refractivity contribution is -0.144. The van der Waals surface area contributed by atoms with Crippen LogP contribution < -0.4 is 5.32 Å². The summed E-state index contributed by atoms with van der Waals surface area (Å²) in [5.74, 6) is -1.09. The van der Waals surface area contributed by atoms with E-state index in [1.165, 1.54) is 0 Å². The molecular formula is C16H28N2O6. The third-order valence-electron chi connectivity index (χ3n) is 3.22. The number of ether oxygens (including phenoxy) is 2. The van der Waals surface area contributed by atoms with Gasteiger partial charge in [-0.1, -0.05) is 0 Å². The molecule has 2 amide bonds. The van der Waals surface area contributed by atoms with Crippen LogP contribution in [0.5, 0.6) is 0 Å². The van der Waals surface area contributed by atoms with E-state index in [9.17, 15) is 19.5 Å². The van der Waals surface area contributed by atoms with Crippen molar-refractivity contribution in [3.63, 3.8) is 0 Å². The van der Waals surface area contributed by atoms with Gasteiger partial charge in [0.1, 0.15) is 17.2 Å². The maximum absolute atomic E-state index is 12.3. The van der Waals surface area contributed by atoms with E-state index in [0.717, 1.165) is 4.90 Å². The molecule has 0 aromatic heterocycles. The molecule has 2 atom stereocenters. The van der Waals surface area contributed by atoms with Gasteiger partial charge < -0.3 is 19.9 Å². The van der Waals surface area contributed by atoms with Crippen molar-refractivity contribution in [2.24, 2.45) is 0 Å². The fourth-order valence-corrected chi connectivity index (χ4v) is 2.34. The van der Waals surface area contributed by atoms with Crippen LogP contribution >= 0.6 is 0 Å². The molecule has 24 heavy (non-hydrogen) atoms. The van der Waals surface area contributed by atoms with E-state index in [-0.39, 0.29) is 19.0 Å². The number of carboxylic acids is 1. The molecule has 1 rings (SSSR count). The second kappa shape index (κ2) is 7.27. The molecule has 0 radical (unpaired) electrons. The minimum atomic E-state index is -1.09. The fourth-order valence-electron chi connectivity index (χ4n) is 2.34. The molecule has 8 heteroatoms. The number of rotatable bonds is 2. The molecule has 0 aliphatic carbocycles. The molecule has 1 aliphatic rings. The van der Waals surface area contributed by atoms with Gasteiger partial charge in [0.25, 0.3) is 0 Å². The summed E-state index contributed by atoms with van der Waals surface area (Å²) in [4.78, 5) is 36.7. The summed E-state index contributed by atoms with van der Waals surface area (Å²) in [7, 11) is 0. The number of hydrogen-bond acceptors (Lipinski definition) is 5. The molecule has 2 N–H and O–H groups in total. The molecule has 0 aromatic rings. The molecule has 8 nitrogen and oxygen atoms in total. The Balaban J connectivity index is 2.76. The van der Waals surface area contributed by atoms with Crippen molar-refractivity contribution in [2.75, 3.05) is 6.54 Å². The topological polar surface area (TPSA) is 105 Å². The Labute approximate surface area is 142 Å². The molecule has 0 unspecified atom stereocenters. The zero-order valence-electron chi connectivity index (χ0n) is 15.2. The highest BCUT2D eigenvalue weighted by atomic mass is 16.6. The average molecular weight is 344 g/mol. The highest BCUT2D eigenvalue weighted by Gasteiger charge is 2.39. The van der Waals surface area contributed by atoms with Gasteiger partial charge in [-0.25, -0.2) is 14.4 Å². The molecular weight excluding hydrogens is 316 g/mol. The Morgan fingerprint density at radius 1 is 1.00 bits per heavy atom. The highest BCUT2D eigenvalue weighted by molar-refractivity contribution is 5.80. The summed E-state index contributed by atoms with van der Waals surface area (Å²) in [6, 6.07) is -1.35. The number of piperidine rings is 1. The van der Waals surface area contributed by atoms with Crippen LogP contribution in [0.1, 0.15) is 54.4 Å². The number of hydrogen-bond donors (Lipinski definition) is 2. The van der Waals surface area contributed by atoms with Gasteiger partial charge >= 0.3 is 18.2 Å². The maximum Gasteiger partial charge on any atom is 0.411 e. The molecule has 1 aliphatic heterocycles. The molecule has 1 fully saturated rings. The summed E-state index contributed by atoms with van der Waals surface area (Å²) in [6.07, 6.45) is -0.624. The third kappa shape index (κ3) is 6.64. The number of amides is 2. The van der Waals surface area contributed by atoms with Crippen molar-refractivity contribution in [3.8, 4) is 0 Å². The minimum absolute atomic E-state index is 0.0606. The number of aliphatic carboxylic acids is 1. The Bertz CT molecular complexity index is 492. The van der Waals surface area contributed by atoms with Crippen LogP contribution in [0.3, 0.4) is 0 Å². The van der Waals surface area contributed by atoms with Crippen molar-refractivity contribution in [2.45, 2.75) is 77.7 Å². The van der Waals surface area contributed by atoms with Crippen molar-refractivity contribution < 1.29 is 29.0 Å². The Kier molecular flexibility index (Phi) is 6.08. The van der Waals surface area contributed by atoms with Gasteiger partial charge in [0.2, 0.25) is 0 Å². The zero-order valence-corrected chi connectivity index (χ0v) is 15.2. The van der Waals surface area contributed by atoms with Crippen molar-refractivity contribution in [1.82, 2.24) is 10.2 Å². The predicted octanol–water partition coefficient (Wildman–Crippen LogP) is 2.36. The van der Waals surface area contributed by atoms with E-state index in [4.69, 9.17) is 9.47 Å². The Morgan fingerprint density at radius 3 is 2.00 bits per heavy atom. The standard InChI is InChI=1S/C16H28N2O6/c1-15(2,3)23-13(21)17-10-7-8-11(12(19)20)18(9-10)14(22)24-16(4,5)6/h10-11H,7-9H2,1-6H3,(H,17,21)(H,19,20)/t10-,11+/m1/s1. The van der Waals surface area contributed by atoms with Gasteiger partial charge in [-0.15, -0.1) is 0 Å². The molecule has 1 saturated heterocycles. The summed E-state index contributed by atoms with van der Waals surface area (Å²) in [6.45, 7) is 10.4. The van der Waals surface area contributed by atoms with Gasteiger partial charge in [0.15, 0.2) is 0 Å². The minimum Gasteiger partial charge on any atom is -0.480 e. The first-order valence-corrected chi connectivity index (χ1v) is 8.00. The van der Waals surface area contributed by atoms with Crippen LogP contribution in [-0.4, -0.2) is 58.0 Å². The molecule has 0 aromatic carbocycles. The van der Waals surface area contributed by atoms with Crippen molar-refractivity contribution in [1.29, 1.82) is 0 Å². The lowest BCUT2D eigenvalue weighted by Gasteiger charge is -2.38. The van der Waals surface area contributed by atoms with E-state index < -0.39 is 35.4 Å². The second-order valence-electron chi connectivity index (χ2n) is 7.91. The van der Waals surface area contributed by atoms with Gasteiger partial charge in [0.05, 0.1) is 6.04 Å². The van der Waals surface area contributed by atoms with Crippen LogP contribution in [0, 0.1) is 0 Å². The summed E-state index contributed by atoms with van der Waals surface area (Å²) in [5, 5.41) is 12.0. The number of carbonyl (C=O) groups excluding carboxylic acids is 2. The summed E-state index contributed by atoms with van der Waals surface area (Å²) >= 11 is 0. The van der Waals surface area contributed by atoms with Gasteiger partial charge in [-0.2, -0.15) is 0 Å². The smallest absolute Gasteiger partial charge is 0.411 e. The first kappa shape index (κ1) is 20.1. The van der Waals surface area contributed by atoms with Crippen LogP contribution in [0.25, 0.3) is 0 Å². The monoisotopic (exact) mass is 344 g/mol. The van der Waals surface area contributed by atoms with Crippen LogP contribution in [0.15, 0.2) is 0 Å². The highest BCUT2D eigenvalue weighted by Crippen LogP contribution is 2.21. The molecule has 0 bridgehead atoms. The second-order valence-corrected chi connectivity index (χ2v) is 7.91. The first-order chi connectivity index (χ1) is 10.8. The number of nitrogens with one attached hydrogen (secondary N) is 1. The number of alkyl carbamates (subject to hydrolysis) is 1. The van der Waals surface area contributed by atoms with E-state index in [2.05, 4.69) is 5.32 Å². The molecule has 0 saturated carbocycles. The van der Waals surface area contributed by atoms with E-state index in [1.54, 1.807) is 41.5 Å². The van der Waals surface area contributed by atoms with Gasteiger partial charge in [-0.05, 0) is 54.4 Å². The molecule has 0 spiro atoms. The largest absolute Gasteiger partial charge is 0.480 e. The number of carbonyl (C=O) groups is 3. The molecule has 1 heterocycles. The SMILES string of the molecule is CC(C)(C)OC(=O)N[C@@H]1CC[C@@H](C(=O)O)N(C(=O)OC(C)(C)C)C1. The lowest BCUT2D eigenvalue weighted by atomic mass is 9.99. The van der Waals surface area contributed by atoms with Crippen molar-refractivity contribution >= 4 is 18.2 Å². The summed E-state index contributed by atoms with van der Waals surface area (Å²) < 4.78 is 10.5. The number of likely N-dealkylation sites (tertiary alicyclic amines) is 1. The van der Waals surface area contributed by atoms with Crippen LogP contribution in [-0.2, 0) is 14.3 Å². The summed E-state index contributed by atoms with van der Waals surface area (Å²) in [5.41, 5.74) is -1.36. The van der Waals surface area contributed by atoms with E-state index >= 15 is 0 Å². The fraction of sp³-hybridized carbons (Fsp3) is 0.812. The maximum atomic E-state index is 12.3. The van der Waals surface area contributed by atoms with Gasteiger partial charge in [0, 0.05) is 6.54 Å². The Morgan fingerprint density at radius 2 is 1.54 bits per heavy atom. The van der Waals surface area contributed by atoms with Crippen LogP contribution in [0.4, 0.5) is 9.59 Å². The Hall–Kier alpha value is -1.99. The van der Waals surface area contributed by atoms with Crippen LogP contribution in [0.2, 0.25) is 0 Å². The van der Waals surface area contributed by atoms with E-state index in [0.29, 0.717) is 6.42 Å². The quantitative estimate of drug-likeness (QED) is 0.797. The van der Waals surface area contributed by atoms with E-state index in [1.807, 2.05) is 0 Å². The lowest BCUT2D eigenvalue weighted by Crippen LogP contribution is -2.57. The van der Waals surface area contributed by atoms with Crippen molar-refractivity contribution in [3.05, 3.63) is 0 Å². The normalized spacial score (nSPS) is 21.8. The average Bonchev–Trinajstić information content (AvgIpc) is 2.33. The number of nitrogens with zero attached hydrogens (tertiary/aromatic N) is 1. The number of carboxylic acid groups (broad SMARTS) is 1. The third-order valence-corrected chi connectivity index (χ3v) is 3.22.